The van der Waals surface area contributed by atoms with Crippen LogP contribution >= 0.6 is 0 Å². The van der Waals surface area contributed by atoms with E-state index in [0.29, 0.717) is 5.89 Å². The van der Waals surface area contributed by atoms with Gasteiger partial charge in [0, 0.05) is 56.1 Å². The molecule has 0 unspecified atom stereocenters. The zero-order valence-corrected chi connectivity index (χ0v) is 18.9. The second-order valence-electron chi connectivity index (χ2n) is 8.61. The first kappa shape index (κ1) is 20.6. The van der Waals surface area contributed by atoms with Crippen LogP contribution in [-0.4, -0.2) is 50.8 Å². The minimum Gasteiger partial charge on any atom is -0.445 e. The number of hydrogen-bond acceptors (Lipinski definition) is 6. The van der Waals surface area contributed by atoms with Crippen LogP contribution in [0, 0.1) is 0 Å². The molecule has 1 saturated heterocycles. The third-order valence-corrected chi connectivity index (χ3v) is 6.34. The molecular formula is C27H26N6O. The Labute approximate surface area is 198 Å². The standard InChI is InChI=1S/C27H26N6O/c1-2-7-24(8-3-1)33-14-9-23(30-33)20-31-12-5-13-32(16-15-31)25-19-22(27-29-11-17-34-27)18-21-6-4-10-28-26(21)25/h1-4,6-11,14,17-19H,5,12-13,15-16,20H2. The van der Waals surface area contributed by atoms with Crippen LogP contribution in [0.5, 0.6) is 0 Å². The fourth-order valence-corrected chi connectivity index (χ4v) is 4.67. The maximum Gasteiger partial charge on any atom is 0.225 e. The first-order chi connectivity index (χ1) is 16.8. The van der Waals surface area contributed by atoms with E-state index in [2.05, 4.69) is 51.2 Å². The maximum absolute atomic E-state index is 5.59. The number of nitrogens with zero attached hydrogens (tertiary/aromatic N) is 6. The monoisotopic (exact) mass is 450 g/mol. The van der Waals surface area contributed by atoms with Crippen LogP contribution < -0.4 is 4.90 Å². The van der Waals surface area contributed by atoms with Crippen molar-refractivity contribution in [2.45, 2.75) is 13.0 Å². The number of rotatable bonds is 5. The second-order valence-corrected chi connectivity index (χ2v) is 8.61. The summed E-state index contributed by atoms with van der Waals surface area (Å²) < 4.78 is 7.54. The number of anilines is 1. The lowest BCUT2D eigenvalue weighted by atomic mass is 10.1. The second kappa shape index (κ2) is 9.11. The summed E-state index contributed by atoms with van der Waals surface area (Å²) in [7, 11) is 0. The van der Waals surface area contributed by atoms with E-state index < -0.39 is 0 Å². The molecular weight excluding hydrogens is 424 g/mol. The molecule has 34 heavy (non-hydrogen) atoms. The van der Waals surface area contributed by atoms with Crippen LogP contribution in [0.25, 0.3) is 28.0 Å². The number of oxazole rings is 1. The Bertz CT molecular complexity index is 1380. The Morgan fingerprint density at radius 1 is 0.853 bits per heavy atom. The average molecular weight is 451 g/mol. The summed E-state index contributed by atoms with van der Waals surface area (Å²) in [5.41, 5.74) is 5.32. The minimum atomic E-state index is 0.637. The van der Waals surface area contributed by atoms with Gasteiger partial charge >= 0.3 is 0 Å². The summed E-state index contributed by atoms with van der Waals surface area (Å²) in [6.45, 7) is 4.77. The van der Waals surface area contributed by atoms with E-state index in [1.165, 1.54) is 0 Å². The molecule has 6 rings (SSSR count). The zero-order valence-electron chi connectivity index (χ0n) is 18.9. The molecule has 170 valence electrons. The predicted molar refractivity (Wildman–Crippen MR) is 133 cm³/mol. The van der Waals surface area contributed by atoms with Crippen LogP contribution in [0.15, 0.2) is 89.9 Å². The number of fused-ring (bicyclic) bond motifs is 1. The van der Waals surface area contributed by atoms with Gasteiger partial charge in [-0.15, -0.1) is 0 Å². The van der Waals surface area contributed by atoms with Crippen LogP contribution in [-0.2, 0) is 6.54 Å². The minimum absolute atomic E-state index is 0.637. The topological polar surface area (TPSA) is 63.2 Å². The van der Waals surface area contributed by atoms with Gasteiger partial charge in [0.25, 0.3) is 0 Å². The lowest BCUT2D eigenvalue weighted by molar-refractivity contribution is 0.281. The van der Waals surface area contributed by atoms with Crippen LogP contribution in [0.3, 0.4) is 0 Å². The van der Waals surface area contributed by atoms with Crippen molar-refractivity contribution < 1.29 is 4.42 Å². The van der Waals surface area contributed by atoms with Gasteiger partial charge in [0.2, 0.25) is 5.89 Å². The van der Waals surface area contributed by atoms with E-state index in [1.54, 1.807) is 12.5 Å². The third kappa shape index (κ3) is 4.18. The van der Waals surface area contributed by atoms with E-state index in [0.717, 1.165) is 72.7 Å². The zero-order chi connectivity index (χ0) is 22.7. The average Bonchev–Trinajstić information content (AvgIpc) is 3.54. The molecule has 3 aromatic heterocycles. The lowest BCUT2D eigenvalue weighted by Gasteiger charge is -2.25. The summed E-state index contributed by atoms with van der Waals surface area (Å²) >= 11 is 0. The molecule has 0 amide bonds. The van der Waals surface area contributed by atoms with E-state index in [-0.39, 0.29) is 0 Å². The summed E-state index contributed by atoms with van der Waals surface area (Å²) in [5, 5.41) is 5.90. The van der Waals surface area contributed by atoms with E-state index in [9.17, 15) is 0 Å². The Balaban J connectivity index is 1.21. The molecule has 1 aliphatic heterocycles. The van der Waals surface area contributed by atoms with Crippen molar-refractivity contribution in [3.8, 4) is 17.1 Å². The number of aromatic nitrogens is 4. The summed E-state index contributed by atoms with van der Waals surface area (Å²) in [4.78, 5) is 14.0. The highest BCUT2D eigenvalue weighted by atomic mass is 16.3. The molecule has 0 bridgehead atoms. The number of hydrogen-bond donors (Lipinski definition) is 0. The molecule has 0 radical (unpaired) electrons. The number of para-hydroxylation sites is 1. The van der Waals surface area contributed by atoms with Crippen molar-refractivity contribution in [2.24, 2.45) is 0 Å². The third-order valence-electron chi connectivity index (χ3n) is 6.34. The maximum atomic E-state index is 5.59. The van der Waals surface area contributed by atoms with E-state index in [1.807, 2.05) is 41.3 Å². The summed E-state index contributed by atoms with van der Waals surface area (Å²) in [6, 6.07) is 20.7. The first-order valence-corrected chi connectivity index (χ1v) is 11.7. The molecule has 7 nitrogen and oxygen atoms in total. The molecule has 0 saturated carbocycles. The Morgan fingerprint density at radius 2 is 1.79 bits per heavy atom. The van der Waals surface area contributed by atoms with Crippen molar-refractivity contribution in [1.82, 2.24) is 24.6 Å². The predicted octanol–water partition coefficient (Wildman–Crippen LogP) is 4.79. The van der Waals surface area contributed by atoms with Gasteiger partial charge < -0.3 is 9.32 Å². The van der Waals surface area contributed by atoms with Gasteiger partial charge in [-0.3, -0.25) is 9.88 Å². The van der Waals surface area contributed by atoms with Crippen molar-refractivity contribution >= 4 is 16.6 Å². The first-order valence-electron chi connectivity index (χ1n) is 11.7. The van der Waals surface area contributed by atoms with Crippen molar-refractivity contribution in [2.75, 3.05) is 31.1 Å². The highest BCUT2D eigenvalue weighted by Gasteiger charge is 2.20. The lowest BCUT2D eigenvalue weighted by Crippen LogP contribution is -2.30. The van der Waals surface area contributed by atoms with Gasteiger partial charge in [0.15, 0.2) is 0 Å². The van der Waals surface area contributed by atoms with Gasteiger partial charge in [-0.2, -0.15) is 5.10 Å². The van der Waals surface area contributed by atoms with Crippen LogP contribution in [0.1, 0.15) is 12.1 Å². The van der Waals surface area contributed by atoms with Crippen LogP contribution in [0.2, 0.25) is 0 Å². The Morgan fingerprint density at radius 3 is 2.68 bits per heavy atom. The fraction of sp³-hybridized carbons (Fsp3) is 0.222. The van der Waals surface area contributed by atoms with Gasteiger partial charge in [0.05, 0.1) is 28.8 Å². The van der Waals surface area contributed by atoms with Gasteiger partial charge in [-0.1, -0.05) is 24.3 Å². The molecule has 7 heteroatoms. The highest BCUT2D eigenvalue weighted by molar-refractivity contribution is 5.94. The van der Waals surface area contributed by atoms with Gasteiger partial charge in [-0.25, -0.2) is 9.67 Å². The summed E-state index contributed by atoms with van der Waals surface area (Å²) in [5.74, 6) is 0.637. The van der Waals surface area contributed by atoms with E-state index >= 15 is 0 Å². The Hall–Kier alpha value is -3.97. The number of benzene rings is 2. The smallest absolute Gasteiger partial charge is 0.225 e. The summed E-state index contributed by atoms with van der Waals surface area (Å²) in [6.07, 6.45) is 8.29. The Kier molecular flexibility index (Phi) is 5.53. The molecule has 1 fully saturated rings. The molecule has 4 heterocycles. The molecule has 0 atom stereocenters. The SMILES string of the molecule is c1ccc(-n2ccc(CN3CCCN(c4cc(-c5ncco5)cc5cccnc45)CC3)n2)cc1. The highest BCUT2D eigenvalue weighted by Crippen LogP contribution is 2.32. The molecule has 1 aliphatic rings. The van der Waals surface area contributed by atoms with Gasteiger partial charge in [-0.05, 0) is 42.8 Å². The normalized spacial score (nSPS) is 15.0. The largest absolute Gasteiger partial charge is 0.445 e. The van der Waals surface area contributed by atoms with E-state index in [4.69, 9.17) is 14.5 Å². The quantitative estimate of drug-likeness (QED) is 0.384. The molecule has 2 aromatic carbocycles. The molecule has 0 aliphatic carbocycles. The number of pyridine rings is 1. The van der Waals surface area contributed by atoms with Gasteiger partial charge in [0.1, 0.15) is 6.26 Å². The molecule has 0 N–H and O–H groups in total. The van der Waals surface area contributed by atoms with Crippen molar-refractivity contribution in [3.63, 3.8) is 0 Å². The molecule has 0 spiro atoms. The van der Waals surface area contributed by atoms with Crippen molar-refractivity contribution in [3.05, 3.63) is 91.2 Å². The van der Waals surface area contributed by atoms with Crippen molar-refractivity contribution in [1.29, 1.82) is 0 Å². The van der Waals surface area contributed by atoms with Crippen LogP contribution in [0.4, 0.5) is 5.69 Å². The fourth-order valence-electron chi connectivity index (χ4n) is 4.67. The molecule has 5 aromatic rings.